The molecular formula is C23H19ClN2O2S. The van der Waals surface area contributed by atoms with Gasteiger partial charge in [-0.25, -0.2) is 4.98 Å². The first-order valence-electron chi connectivity index (χ1n) is 9.14. The minimum atomic E-state index is -0.255. The molecule has 0 bridgehead atoms. The van der Waals surface area contributed by atoms with Gasteiger partial charge in [-0.15, -0.1) is 11.3 Å². The first kappa shape index (κ1) is 19.4. The maximum atomic E-state index is 12.2. The third-order valence-corrected chi connectivity index (χ3v) is 5.93. The van der Waals surface area contributed by atoms with Crippen molar-refractivity contribution >= 4 is 44.7 Å². The highest BCUT2D eigenvalue weighted by atomic mass is 35.5. The molecule has 0 saturated carbocycles. The monoisotopic (exact) mass is 422 g/mol. The molecule has 1 heterocycles. The average molecular weight is 423 g/mol. The fourth-order valence-corrected chi connectivity index (χ4v) is 3.95. The number of hydrogen-bond donors (Lipinski definition) is 1. The molecule has 6 heteroatoms. The lowest BCUT2D eigenvalue weighted by atomic mass is 10.1. The smallest absolute Gasteiger partial charge is 0.264 e. The number of amides is 1. The molecule has 1 N–H and O–H groups in total. The molecule has 1 amide bonds. The molecule has 3 aromatic carbocycles. The summed E-state index contributed by atoms with van der Waals surface area (Å²) in [5.74, 6) is 0.366. The number of nitrogens with zero attached hydrogens (tertiary/aromatic N) is 1. The molecule has 4 aromatic rings. The number of aromatic nitrogens is 1. The number of nitrogens with one attached hydrogen (secondary N) is 1. The number of carbonyl (C=O) groups is 1. The van der Waals surface area contributed by atoms with E-state index in [0.29, 0.717) is 15.9 Å². The van der Waals surface area contributed by atoms with E-state index in [0.717, 1.165) is 27.8 Å². The van der Waals surface area contributed by atoms with Crippen molar-refractivity contribution in [3.05, 3.63) is 76.1 Å². The quantitative estimate of drug-likeness (QED) is 0.413. The molecule has 0 fully saturated rings. The number of hydrogen-bond acceptors (Lipinski definition) is 4. The first-order valence-corrected chi connectivity index (χ1v) is 10.4. The number of thiazole rings is 1. The Labute approximate surface area is 178 Å². The molecule has 0 radical (unpaired) electrons. The fourth-order valence-electron chi connectivity index (χ4n) is 3.11. The molecular weight excluding hydrogens is 404 g/mol. The maximum Gasteiger partial charge on any atom is 0.264 e. The van der Waals surface area contributed by atoms with Crippen LogP contribution < -0.4 is 10.1 Å². The summed E-state index contributed by atoms with van der Waals surface area (Å²) in [6.45, 7) is 3.73. The third-order valence-electron chi connectivity index (χ3n) is 4.58. The minimum Gasteiger partial charge on any atom is -0.484 e. The van der Waals surface area contributed by atoms with Gasteiger partial charge in [0.2, 0.25) is 0 Å². The highest BCUT2D eigenvalue weighted by molar-refractivity contribution is 7.14. The van der Waals surface area contributed by atoms with E-state index in [4.69, 9.17) is 16.3 Å². The van der Waals surface area contributed by atoms with Gasteiger partial charge < -0.3 is 4.74 Å². The van der Waals surface area contributed by atoms with E-state index in [1.807, 2.05) is 49.6 Å². The Morgan fingerprint density at radius 1 is 1.07 bits per heavy atom. The first-order chi connectivity index (χ1) is 14.0. The van der Waals surface area contributed by atoms with Crippen molar-refractivity contribution in [3.8, 4) is 17.0 Å². The van der Waals surface area contributed by atoms with Crippen LogP contribution in [0.15, 0.2) is 60.0 Å². The maximum absolute atomic E-state index is 12.2. The number of benzene rings is 3. The second kappa shape index (κ2) is 8.23. The summed E-state index contributed by atoms with van der Waals surface area (Å²) in [6, 6.07) is 18.1. The molecule has 0 aliphatic rings. The Morgan fingerprint density at radius 3 is 2.55 bits per heavy atom. The summed E-state index contributed by atoms with van der Waals surface area (Å²) in [6.07, 6.45) is 0. The fraction of sp³-hybridized carbons (Fsp3) is 0.130. The Morgan fingerprint density at radius 2 is 1.79 bits per heavy atom. The van der Waals surface area contributed by atoms with Gasteiger partial charge in [-0.3, -0.25) is 10.1 Å². The van der Waals surface area contributed by atoms with Crippen molar-refractivity contribution in [2.75, 3.05) is 11.9 Å². The average Bonchev–Trinajstić information content (AvgIpc) is 3.18. The van der Waals surface area contributed by atoms with E-state index in [-0.39, 0.29) is 12.5 Å². The van der Waals surface area contributed by atoms with E-state index in [1.54, 1.807) is 0 Å². The number of aryl methyl sites for hydroxylation is 2. The molecule has 4 nitrogen and oxygen atoms in total. The highest BCUT2D eigenvalue weighted by Crippen LogP contribution is 2.28. The van der Waals surface area contributed by atoms with Crippen molar-refractivity contribution in [3.63, 3.8) is 0 Å². The van der Waals surface area contributed by atoms with Crippen LogP contribution in [0.5, 0.6) is 5.75 Å². The van der Waals surface area contributed by atoms with Crippen LogP contribution in [-0.4, -0.2) is 17.5 Å². The molecule has 0 spiro atoms. The standard InChI is InChI=1S/C23H19ClN2O2S/c1-14-9-19(10-15(2)22(14)24)28-12-21(27)26-23-25-20(13-29-23)18-8-7-16-5-3-4-6-17(16)11-18/h3-11,13H,12H2,1-2H3,(H,25,26,27). The van der Waals surface area contributed by atoms with Gasteiger partial charge in [0.15, 0.2) is 11.7 Å². The molecule has 0 aliphatic heterocycles. The van der Waals surface area contributed by atoms with Crippen LogP contribution in [0.2, 0.25) is 5.02 Å². The van der Waals surface area contributed by atoms with Gasteiger partial charge in [0, 0.05) is 16.0 Å². The van der Waals surface area contributed by atoms with Gasteiger partial charge in [0.25, 0.3) is 5.91 Å². The van der Waals surface area contributed by atoms with Crippen LogP contribution >= 0.6 is 22.9 Å². The Bertz CT molecular complexity index is 1180. The summed E-state index contributed by atoms with van der Waals surface area (Å²) < 4.78 is 5.60. The van der Waals surface area contributed by atoms with E-state index in [9.17, 15) is 4.79 Å². The van der Waals surface area contributed by atoms with Crippen molar-refractivity contribution in [2.45, 2.75) is 13.8 Å². The molecule has 4 rings (SSSR count). The number of halogens is 1. The van der Waals surface area contributed by atoms with E-state index >= 15 is 0 Å². The largest absolute Gasteiger partial charge is 0.484 e. The van der Waals surface area contributed by atoms with E-state index < -0.39 is 0 Å². The zero-order valence-corrected chi connectivity index (χ0v) is 17.6. The Kier molecular flexibility index (Phi) is 5.51. The predicted molar refractivity (Wildman–Crippen MR) is 120 cm³/mol. The number of carbonyl (C=O) groups excluding carboxylic acids is 1. The number of fused-ring (bicyclic) bond motifs is 1. The molecule has 0 aliphatic carbocycles. The molecule has 146 valence electrons. The zero-order chi connectivity index (χ0) is 20.4. The number of ether oxygens (including phenoxy) is 1. The molecule has 0 atom stereocenters. The summed E-state index contributed by atoms with van der Waals surface area (Å²) in [4.78, 5) is 16.8. The zero-order valence-electron chi connectivity index (χ0n) is 16.0. The van der Waals surface area contributed by atoms with Crippen molar-refractivity contribution in [1.29, 1.82) is 0 Å². The third kappa shape index (κ3) is 4.42. The second-order valence-corrected chi connectivity index (χ2v) is 8.04. The molecule has 29 heavy (non-hydrogen) atoms. The lowest BCUT2D eigenvalue weighted by Gasteiger charge is -2.09. The Hall–Kier alpha value is -2.89. The van der Waals surface area contributed by atoms with Gasteiger partial charge in [0.1, 0.15) is 5.75 Å². The second-order valence-electron chi connectivity index (χ2n) is 6.81. The molecule has 0 saturated heterocycles. The van der Waals surface area contributed by atoms with Crippen LogP contribution in [0.4, 0.5) is 5.13 Å². The van der Waals surface area contributed by atoms with Gasteiger partial charge in [-0.05, 0) is 53.9 Å². The van der Waals surface area contributed by atoms with Crippen LogP contribution in [-0.2, 0) is 4.79 Å². The number of anilines is 1. The van der Waals surface area contributed by atoms with Gasteiger partial charge in [-0.2, -0.15) is 0 Å². The molecule has 1 aromatic heterocycles. The van der Waals surface area contributed by atoms with Crippen molar-refractivity contribution in [1.82, 2.24) is 4.98 Å². The summed E-state index contributed by atoms with van der Waals surface area (Å²) in [5.41, 5.74) is 3.69. The van der Waals surface area contributed by atoms with Crippen molar-refractivity contribution in [2.24, 2.45) is 0 Å². The predicted octanol–water partition coefficient (Wildman–Crippen LogP) is 6.25. The molecule has 0 unspecified atom stereocenters. The van der Waals surface area contributed by atoms with Gasteiger partial charge in [0.05, 0.1) is 5.69 Å². The van der Waals surface area contributed by atoms with Gasteiger partial charge >= 0.3 is 0 Å². The van der Waals surface area contributed by atoms with Crippen LogP contribution in [0.1, 0.15) is 11.1 Å². The topological polar surface area (TPSA) is 51.2 Å². The lowest BCUT2D eigenvalue weighted by molar-refractivity contribution is -0.118. The normalized spacial score (nSPS) is 10.9. The summed E-state index contributed by atoms with van der Waals surface area (Å²) >= 11 is 7.55. The SMILES string of the molecule is Cc1cc(OCC(=O)Nc2nc(-c3ccc4ccccc4c3)cs2)cc(C)c1Cl. The van der Waals surface area contributed by atoms with Crippen molar-refractivity contribution < 1.29 is 9.53 Å². The van der Waals surface area contributed by atoms with Crippen LogP contribution in [0.25, 0.3) is 22.0 Å². The van der Waals surface area contributed by atoms with E-state index in [2.05, 4.69) is 34.6 Å². The van der Waals surface area contributed by atoms with Crippen LogP contribution in [0.3, 0.4) is 0 Å². The minimum absolute atomic E-state index is 0.0919. The highest BCUT2D eigenvalue weighted by Gasteiger charge is 2.10. The van der Waals surface area contributed by atoms with E-state index in [1.165, 1.54) is 16.7 Å². The summed E-state index contributed by atoms with van der Waals surface area (Å²) in [7, 11) is 0. The summed E-state index contributed by atoms with van der Waals surface area (Å²) in [5, 5.41) is 8.34. The lowest BCUT2D eigenvalue weighted by Crippen LogP contribution is -2.20. The van der Waals surface area contributed by atoms with Crippen LogP contribution in [0, 0.1) is 13.8 Å². The van der Waals surface area contributed by atoms with Gasteiger partial charge in [-0.1, -0.05) is 48.0 Å². The number of rotatable bonds is 5. The Balaban J connectivity index is 1.41.